The average molecular weight is 193 g/mol. The second-order valence-corrected chi connectivity index (χ2v) is 4.63. The van der Waals surface area contributed by atoms with Crippen LogP contribution in [-0.2, 0) is 0 Å². The standard InChI is InChI=1S/C10H15N3O/c1-10(2)5-13(6-10)7-3-4-12-9(14)8(7)11/h3-4H,5-6,11H2,1-2H3,(H,12,14). The predicted molar refractivity (Wildman–Crippen MR) is 57.5 cm³/mol. The fourth-order valence-corrected chi connectivity index (χ4v) is 1.91. The molecule has 2 heterocycles. The maximum absolute atomic E-state index is 11.2. The number of nitrogen functional groups attached to an aromatic ring is 1. The molecule has 0 amide bonds. The van der Waals surface area contributed by atoms with E-state index in [1.165, 1.54) is 0 Å². The van der Waals surface area contributed by atoms with Gasteiger partial charge in [-0.3, -0.25) is 4.79 Å². The van der Waals surface area contributed by atoms with E-state index in [1.54, 1.807) is 6.20 Å². The maximum Gasteiger partial charge on any atom is 0.273 e. The van der Waals surface area contributed by atoms with Gasteiger partial charge in [-0.05, 0) is 11.5 Å². The molecule has 1 aliphatic rings. The molecule has 1 aromatic heterocycles. The topological polar surface area (TPSA) is 62.1 Å². The van der Waals surface area contributed by atoms with Crippen LogP contribution >= 0.6 is 0 Å². The first-order chi connectivity index (χ1) is 6.49. The van der Waals surface area contributed by atoms with Gasteiger partial charge in [0.15, 0.2) is 0 Å². The predicted octanol–water partition coefficient (Wildman–Crippen LogP) is 0.803. The molecule has 1 saturated heterocycles. The van der Waals surface area contributed by atoms with E-state index >= 15 is 0 Å². The zero-order chi connectivity index (χ0) is 10.3. The minimum atomic E-state index is -0.202. The Bertz CT molecular complexity index is 400. The van der Waals surface area contributed by atoms with Crippen molar-refractivity contribution in [2.24, 2.45) is 5.41 Å². The number of hydrogen-bond acceptors (Lipinski definition) is 3. The van der Waals surface area contributed by atoms with Crippen molar-refractivity contribution in [1.82, 2.24) is 4.98 Å². The monoisotopic (exact) mass is 193 g/mol. The maximum atomic E-state index is 11.2. The van der Waals surface area contributed by atoms with Crippen LogP contribution in [0.1, 0.15) is 13.8 Å². The van der Waals surface area contributed by atoms with Crippen LogP contribution in [0.3, 0.4) is 0 Å². The summed E-state index contributed by atoms with van der Waals surface area (Å²) in [6, 6.07) is 1.85. The van der Waals surface area contributed by atoms with Gasteiger partial charge in [-0.2, -0.15) is 0 Å². The zero-order valence-corrected chi connectivity index (χ0v) is 8.50. The third-order valence-electron chi connectivity index (χ3n) is 2.55. The van der Waals surface area contributed by atoms with E-state index in [0.29, 0.717) is 11.1 Å². The molecular weight excluding hydrogens is 178 g/mol. The van der Waals surface area contributed by atoms with Crippen LogP contribution in [0.25, 0.3) is 0 Å². The summed E-state index contributed by atoms with van der Waals surface area (Å²) in [5.74, 6) is 0. The number of nitrogens with zero attached hydrogens (tertiary/aromatic N) is 1. The highest BCUT2D eigenvalue weighted by molar-refractivity contribution is 5.67. The number of pyridine rings is 1. The molecule has 0 unspecified atom stereocenters. The third-order valence-corrected chi connectivity index (χ3v) is 2.55. The number of anilines is 2. The van der Waals surface area contributed by atoms with Gasteiger partial charge >= 0.3 is 0 Å². The quantitative estimate of drug-likeness (QED) is 0.693. The lowest BCUT2D eigenvalue weighted by Crippen LogP contribution is -2.53. The Hall–Kier alpha value is -1.45. The molecule has 0 bridgehead atoms. The fourth-order valence-electron chi connectivity index (χ4n) is 1.91. The number of H-pyrrole nitrogens is 1. The van der Waals surface area contributed by atoms with Gasteiger partial charge in [0.25, 0.3) is 5.56 Å². The first-order valence-electron chi connectivity index (χ1n) is 4.72. The molecule has 0 saturated carbocycles. The number of hydrogen-bond donors (Lipinski definition) is 2. The molecule has 2 rings (SSSR count). The van der Waals surface area contributed by atoms with Crippen LogP contribution in [0.4, 0.5) is 11.4 Å². The summed E-state index contributed by atoms with van der Waals surface area (Å²) < 4.78 is 0. The highest BCUT2D eigenvalue weighted by atomic mass is 16.1. The van der Waals surface area contributed by atoms with E-state index in [-0.39, 0.29) is 5.56 Å². The molecule has 3 N–H and O–H groups in total. The smallest absolute Gasteiger partial charge is 0.273 e. The van der Waals surface area contributed by atoms with E-state index in [0.717, 1.165) is 18.8 Å². The van der Waals surface area contributed by atoms with Gasteiger partial charge in [0, 0.05) is 19.3 Å². The number of aromatic nitrogens is 1. The van der Waals surface area contributed by atoms with Gasteiger partial charge in [0.05, 0.1) is 5.69 Å². The lowest BCUT2D eigenvalue weighted by Gasteiger charge is -2.47. The molecule has 0 atom stereocenters. The molecule has 0 spiro atoms. The Labute approximate surface area is 82.7 Å². The van der Waals surface area contributed by atoms with Gasteiger partial charge in [-0.15, -0.1) is 0 Å². The molecule has 1 aliphatic heterocycles. The first-order valence-corrected chi connectivity index (χ1v) is 4.72. The fraction of sp³-hybridized carbons (Fsp3) is 0.500. The van der Waals surface area contributed by atoms with Crippen LogP contribution < -0.4 is 16.2 Å². The minimum absolute atomic E-state index is 0.202. The summed E-state index contributed by atoms with van der Waals surface area (Å²) in [6.07, 6.45) is 1.64. The van der Waals surface area contributed by atoms with Crippen LogP contribution in [-0.4, -0.2) is 18.1 Å². The minimum Gasteiger partial charge on any atom is -0.393 e. The lowest BCUT2D eigenvalue weighted by atomic mass is 9.84. The molecule has 0 radical (unpaired) electrons. The van der Waals surface area contributed by atoms with E-state index in [2.05, 4.69) is 23.7 Å². The van der Waals surface area contributed by atoms with Crippen molar-refractivity contribution in [3.05, 3.63) is 22.6 Å². The molecule has 4 heteroatoms. The normalized spacial score (nSPS) is 19.1. The van der Waals surface area contributed by atoms with Gasteiger partial charge in [-0.1, -0.05) is 13.8 Å². The molecule has 1 fully saturated rings. The van der Waals surface area contributed by atoms with Crippen LogP contribution in [0.2, 0.25) is 0 Å². The van der Waals surface area contributed by atoms with E-state index < -0.39 is 0 Å². The molecule has 76 valence electrons. The first kappa shape index (κ1) is 9.12. The molecule has 14 heavy (non-hydrogen) atoms. The van der Waals surface area contributed by atoms with Gasteiger partial charge in [0.1, 0.15) is 5.69 Å². The van der Waals surface area contributed by atoms with Crippen molar-refractivity contribution >= 4 is 11.4 Å². The van der Waals surface area contributed by atoms with Crippen LogP contribution in [0.5, 0.6) is 0 Å². The van der Waals surface area contributed by atoms with Gasteiger partial charge in [-0.25, -0.2) is 0 Å². The molecule has 0 aliphatic carbocycles. The van der Waals surface area contributed by atoms with Crippen molar-refractivity contribution < 1.29 is 0 Å². The number of rotatable bonds is 1. The second-order valence-electron chi connectivity index (χ2n) is 4.63. The SMILES string of the molecule is CC1(C)CN(c2cc[nH]c(=O)c2N)C1. The van der Waals surface area contributed by atoms with Crippen molar-refractivity contribution in [2.75, 3.05) is 23.7 Å². The average Bonchev–Trinajstić information content (AvgIpc) is 2.06. The Morgan fingerprint density at radius 2 is 2.14 bits per heavy atom. The van der Waals surface area contributed by atoms with E-state index in [1.807, 2.05) is 6.07 Å². The van der Waals surface area contributed by atoms with Crippen molar-refractivity contribution in [1.29, 1.82) is 0 Å². The van der Waals surface area contributed by atoms with Crippen molar-refractivity contribution in [3.63, 3.8) is 0 Å². The largest absolute Gasteiger partial charge is 0.393 e. The highest BCUT2D eigenvalue weighted by Crippen LogP contribution is 2.34. The summed E-state index contributed by atoms with van der Waals surface area (Å²) in [5.41, 5.74) is 7.01. The summed E-state index contributed by atoms with van der Waals surface area (Å²) in [6.45, 7) is 6.32. The molecule has 1 aromatic rings. The van der Waals surface area contributed by atoms with E-state index in [4.69, 9.17) is 5.73 Å². The molecular formula is C10H15N3O. The zero-order valence-electron chi connectivity index (χ0n) is 8.50. The van der Waals surface area contributed by atoms with Crippen molar-refractivity contribution in [2.45, 2.75) is 13.8 Å². The molecule has 4 nitrogen and oxygen atoms in total. The Morgan fingerprint density at radius 3 is 2.71 bits per heavy atom. The Morgan fingerprint density at radius 1 is 1.50 bits per heavy atom. The summed E-state index contributed by atoms with van der Waals surface area (Å²) >= 11 is 0. The number of aromatic amines is 1. The van der Waals surface area contributed by atoms with E-state index in [9.17, 15) is 4.79 Å². The summed E-state index contributed by atoms with van der Waals surface area (Å²) in [4.78, 5) is 15.9. The Balaban J connectivity index is 2.27. The summed E-state index contributed by atoms with van der Waals surface area (Å²) in [5, 5.41) is 0. The van der Waals surface area contributed by atoms with Gasteiger partial charge in [0.2, 0.25) is 0 Å². The van der Waals surface area contributed by atoms with Crippen LogP contribution in [0, 0.1) is 5.41 Å². The van der Waals surface area contributed by atoms with Crippen molar-refractivity contribution in [3.8, 4) is 0 Å². The number of nitrogens with one attached hydrogen (secondary N) is 1. The highest BCUT2D eigenvalue weighted by Gasteiger charge is 2.35. The Kier molecular flexibility index (Phi) is 1.80. The third kappa shape index (κ3) is 1.36. The lowest BCUT2D eigenvalue weighted by molar-refractivity contribution is 0.277. The van der Waals surface area contributed by atoms with Crippen LogP contribution in [0.15, 0.2) is 17.1 Å². The second kappa shape index (κ2) is 2.77. The molecule has 0 aromatic carbocycles. The summed E-state index contributed by atoms with van der Waals surface area (Å²) in [7, 11) is 0. The van der Waals surface area contributed by atoms with Gasteiger partial charge < -0.3 is 15.6 Å². The number of nitrogens with two attached hydrogens (primary N) is 1.